The van der Waals surface area contributed by atoms with Crippen molar-refractivity contribution >= 4 is 45.1 Å². The van der Waals surface area contributed by atoms with Gasteiger partial charge in [-0.2, -0.15) is 0 Å². The Morgan fingerprint density at radius 3 is 2.43 bits per heavy atom. The van der Waals surface area contributed by atoms with Crippen LogP contribution in [0.4, 0.5) is 0 Å². The van der Waals surface area contributed by atoms with Crippen LogP contribution >= 0.6 is 28.1 Å². The molecule has 2 rings (SSSR count). The highest BCUT2D eigenvalue weighted by atomic mass is 79.9. The number of rotatable bonds is 8. The average Bonchev–Trinajstić information content (AvgIpc) is 2.75. The number of benzene rings is 2. The van der Waals surface area contributed by atoms with Crippen molar-refractivity contribution in [3.8, 4) is 17.2 Å². The molecule has 0 heterocycles. The summed E-state index contributed by atoms with van der Waals surface area (Å²) >= 11 is 8.40. The van der Waals surface area contributed by atoms with Gasteiger partial charge in [-0.15, -0.1) is 0 Å². The maximum Gasteiger partial charge on any atom is 0.276 e. The van der Waals surface area contributed by atoms with Crippen LogP contribution in [0.3, 0.4) is 0 Å². The maximum atomic E-state index is 12.3. The van der Waals surface area contributed by atoms with Gasteiger partial charge in [-0.3, -0.25) is 25.8 Å². The number of carbonyl (C=O) groups excluding carboxylic acids is 2. The highest BCUT2D eigenvalue weighted by Crippen LogP contribution is 2.26. The van der Waals surface area contributed by atoms with E-state index in [1.54, 1.807) is 42.5 Å². The fraction of sp³-hybridized carbons (Fsp3) is 0.250. The van der Waals surface area contributed by atoms with Crippen molar-refractivity contribution < 1.29 is 23.8 Å². The minimum atomic E-state index is -0.488. The molecule has 0 aromatic heterocycles. The van der Waals surface area contributed by atoms with Crippen LogP contribution in [0.15, 0.2) is 46.9 Å². The third-order valence-corrected chi connectivity index (χ3v) is 4.45. The number of halogens is 1. The van der Waals surface area contributed by atoms with Gasteiger partial charge >= 0.3 is 0 Å². The molecule has 0 aliphatic heterocycles. The zero-order valence-corrected chi connectivity index (χ0v) is 18.9. The average molecular weight is 496 g/mol. The fourth-order valence-corrected chi connectivity index (χ4v) is 2.86. The molecule has 0 unspecified atom stereocenters. The lowest BCUT2D eigenvalue weighted by Crippen LogP contribution is -2.49. The Morgan fingerprint density at radius 1 is 1.03 bits per heavy atom. The number of amides is 2. The van der Waals surface area contributed by atoms with Gasteiger partial charge in [0.15, 0.2) is 23.2 Å². The van der Waals surface area contributed by atoms with Gasteiger partial charge in [-0.25, -0.2) is 0 Å². The van der Waals surface area contributed by atoms with Crippen LogP contribution in [0.2, 0.25) is 0 Å². The van der Waals surface area contributed by atoms with Gasteiger partial charge in [0.2, 0.25) is 0 Å². The highest BCUT2D eigenvalue weighted by molar-refractivity contribution is 9.10. The van der Waals surface area contributed by atoms with E-state index >= 15 is 0 Å². The Labute approximate surface area is 188 Å². The summed E-state index contributed by atoms with van der Waals surface area (Å²) in [6.07, 6.45) is 0.879. The lowest BCUT2D eigenvalue weighted by atomic mass is 10.2. The number of hydrogen-bond acceptors (Lipinski definition) is 6. The molecular formula is C20H22BrN3O5S. The van der Waals surface area contributed by atoms with Crippen molar-refractivity contribution in [1.29, 1.82) is 0 Å². The topological polar surface area (TPSA) is 97.9 Å². The van der Waals surface area contributed by atoms with Crippen LogP contribution in [0.1, 0.15) is 23.7 Å². The van der Waals surface area contributed by atoms with E-state index in [1.165, 1.54) is 7.11 Å². The smallest absolute Gasteiger partial charge is 0.276 e. The van der Waals surface area contributed by atoms with Crippen molar-refractivity contribution in [3.05, 3.63) is 52.5 Å². The molecule has 2 aromatic rings. The van der Waals surface area contributed by atoms with E-state index < -0.39 is 11.8 Å². The van der Waals surface area contributed by atoms with Crippen LogP contribution in [0, 0.1) is 0 Å². The molecule has 0 saturated carbocycles. The molecule has 2 aromatic carbocycles. The second kappa shape index (κ2) is 12.0. The molecule has 0 saturated heterocycles. The summed E-state index contributed by atoms with van der Waals surface area (Å²) in [7, 11) is 1.51. The number of hydrogen-bond donors (Lipinski definition) is 3. The summed E-state index contributed by atoms with van der Waals surface area (Å²) in [5.41, 5.74) is 5.18. The predicted molar refractivity (Wildman–Crippen MR) is 120 cm³/mol. The number of thiocarbonyl (C=S) groups is 1. The van der Waals surface area contributed by atoms with E-state index in [9.17, 15) is 9.59 Å². The predicted octanol–water partition coefficient (Wildman–Crippen LogP) is 2.96. The third kappa shape index (κ3) is 7.20. The standard InChI is InChI=1S/C20H22BrN3O5S/c1-3-10-28-15-9-8-13(11-14(15)21)19(26)22-20(30)24-23-18(25)12-29-17-7-5-4-6-16(17)27-2/h4-9,11H,3,10,12H2,1-2H3,(H,23,25)(H2,22,24,26,30). The Kier molecular flexibility index (Phi) is 9.36. The largest absolute Gasteiger partial charge is 0.493 e. The first-order chi connectivity index (χ1) is 14.4. The van der Waals surface area contributed by atoms with Gasteiger partial charge in [-0.1, -0.05) is 19.1 Å². The Balaban J connectivity index is 1.79. The molecule has 0 fully saturated rings. The van der Waals surface area contributed by atoms with E-state index in [0.717, 1.165) is 6.42 Å². The summed E-state index contributed by atoms with van der Waals surface area (Å²) < 4.78 is 16.8. The molecule has 2 amide bonds. The van der Waals surface area contributed by atoms with E-state index in [0.29, 0.717) is 33.9 Å². The number of hydrazine groups is 1. The van der Waals surface area contributed by atoms with E-state index in [4.69, 9.17) is 26.4 Å². The SMILES string of the molecule is CCCOc1ccc(C(=O)NC(=S)NNC(=O)COc2ccccc2OC)cc1Br. The number of methoxy groups -OCH3 is 1. The summed E-state index contributed by atoms with van der Waals surface area (Å²) in [5.74, 6) is 0.671. The molecule has 0 aliphatic rings. The fourth-order valence-electron chi connectivity index (χ4n) is 2.22. The number of nitrogens with one attached hydrogen (secondary N) is 3. The van der Waals surface area contributed by atoms with Crippen molar-refractivity contribution in [2.24, 2.45) is 0 Å². The Hall–Kier alpha value is -2.85. The van der Waals surface area contributed by atoms with Crippen LogP contribution < -0.4 is 30.4 Å². The zero-order valence-electron chi connectivity index (χ0n) is 16.5. The van der Waals surface area contributed by atoms with Crippen LogP contribution in [0.25, 0.3) is 0 Å². The molecular weight excluding hydrogens is 474 g/mol. The molecule has 0 bridgehead atoms. The monoisotopic (exact) mass is 495 g/mol. The van der Waals surface area contributed by atoms with Crippen LogP contribution in [0.5, 0.6) is 17.2 Å². The number of carbonyl (C=O) groups is 2. The second-order valence-electron chi connectivity index (χ2n) is 5.89. The maximum absolute atomic E-state index is 12.3. The first kappa shape index (κ1) is 23.4. The molecule has 30 heavy (non-hydrogen) atoms. The second-order valence-corrected chi connectivity index (χ2v) is 7.15. The molecule has 0 atom stereocenters. The first-order valence-electron chi connectivity index (χ1n) is 9.03. The molecule has 0 radical (unpaired) electrons. The van der Waals surface area contributed by atoms with Gasteiger partial charge in [0, 0.05) is 5.56 Å². The van der Waals surface area contributed by atoms with Crippen LogP contribution in [-0.4, -0.2) is 37.3 Å². The van der Waals surface area contributed by atoms with Crippen molar-refractivity contribution in [3.63, 3.8) is 0 Å². The van der Waals surface area contributed by atoms with E-state index in [2.05, 4.69) is 32.1 Å². The Morgan fingerprint density at radius 2 is 1.77 bits per heavy atom. The minimum Gasteiger partial charge on any atom is -0.493 e. The molecule has 160 valence electrons. The van der Waals surface area contributed by atoms with Crippen LogP contribution in [-0.2, 0) is 4.79 Å². The van der Waals surface area contributed by atoms with Gasteiger partial charge in [0.05, 0.1) is 18.2 Å². The quantitative estimate of drug-likeness (QED) is 0.382. The van der Waals surface area contributed by atoms with Gasteiger partial charge in [-0.05, 0) is 64.9 Å². The zero-order chi connectivity index (χ0) is 21.9. The van der Waals surface area contributed by atoms with Crippen molar-refractivity contribution in [2.45, 2.75) is 13.3 Å². The molecule has 0 aliphatic carbocycles. The Bertz CT molecular complexity index is 910. The number of para-hydroxylation sites is 2. The lowest BCUT2D eigenvalue weighted by molar-refractivity contribution is -0.123. The van der Waals surface area contributed by atoms with E-state index in [1.807, 2.05) is 6.92 Å². The van der Waals surface area contributed by atoms with Gasteiger partial charge in [0.1, 0.15) is 5.75 Å². The van der Waals surface area contributed by atoms with Gasteiger partial charge < -0.3 is 14.2 Å². The lowest BCUT2D eigenvalue weighted by Gasteiger charge is -2.13. The minimum absolute atomic E-state index is 0.0620. The third-order valence-electron chi connectivity index (χ3n) is 3.63. The van der Waals surface area contributed by atoms with Crippen molar-refractivity contribution in [1.82, 2.24) is 16.2 Å². The molecule has 8 nitrogen and oxygen atoms in total. The van der Waals surface area contributed by atoms with E-state index in [-0.39, 0.29) is 11.7 Å². The summed E-state index contributed by atoms with van der Waals surface area (Å²) in [5, 5.41) is 2.42. The summed E-state index contributed by atoms with van der Waals surface area (Å²) in [6.45, 7) is 2.32. The molecule has 0 spiro atoms. The normalized spacial score (nSPS) is 9.97. The molecule has 10 heteroatoms. The number of ether oxygens (including phenoxy) is 3. The summed E-state index contributed by atoms with van der Waals surface area (Å²) in [4.78, 5) is 24.2. The highest BCUT2D eigenvalue weighted by Gasteiger charge is 2.12. The first-order valence-corrected chi connectivity index (χ1v) is 10.2. The van der Waals surface area contributed by atoms with Gasteiger partial charge in [0.25, 0.3) is 11.8 Å². The van der Waals surface area contributed by atoms with Crippen molar-refractivity contribution in [2.75, 3.05) is 20.3 Å². The molecule has 3 N–H and O–H groups in total. The summed E-state index contributed by atoms with van der Waals surface area (Å²) in [6, 6.07) is 11.9.